The molecule has 4 nitrogen and oxygen atoms in total. The highest BCUT2D eigenvalue weighted by Gasteiger charge is 2.13. The van der Waals surface area contributed by atoms with E-state index >= 15 is 0 Å². The van der Waals surface area contributed by atoms with Crippen LogP contribution in [-0.4, -0.2) is 18.1 Å². The summed E-state index contributed by atoms with van der Waals surface area (Å²) in [5.41, 5.74) is -0.956. The van der Waals surface area contributed by atoms with Crippen LogP contribution in [0.4, 0.5) is 8.78 Å². The first-order valence-electron chi connectivity index (χ1n) is 4.63. The molecule has 1 N–H and O–H groups in total. The molecule has 0 atom stereocenters. The van der Waals surface area contributed by atoms with E-state index in [-0.39, 0.29) is 16.6 Å². The van der Waals surface area contributed by atoms with E-state index in [1.165, 1.54) is 0 Å². The number of methoxy groups -OCH3 is 1. The quantitative estimate of drug-likeness (QED) is 0.769. The zero-order valence-electron chi connectivity index (χ0n) is 8.71. The molecule has 0 saturated carbocycles. The van der Waals surface area contributed by atoms with Crippen LogP contribution in [0.3, 0.4) is 0 Å². The van der Waals surface area contributed by atoms with Gasteiger partial charge in [-0.25, -0.2) is 13.6 Å². The number of H-pyrrole nitrogens is 1. The van der Waals surface area contributed by atoms with Gasteiger partial charge in [0.1, 0.15) is 17.3 Å². The minimum atomic E-state index is -0.974. The fourth-order valence-corrected chi connectivity index (χ4v) is 1.53. The average Bonchev–Trinajstić information content (AvgIpc) is 2.26. The SMILES string of the molecule is COC(=O)c1cc(=O)c2c(F)cc(F)cc2[nH]1. The Kier molecular flexibility index (Phi) is 2.63. The Balaban J connectivity index is 2.82. The van der Waals surface area contributed by atoms with Crippen molar-refractivity contribution in [2.75, 3.05) is 7.11 Å². The number of carbonyl (C=O) groups excluding carboxylic acids is 1. The number of hydrogen-bond acceptors (Lipinski definition) is 3. The summed E-state index contributed by atoms with van der Waals surface area (Å²) in [5, 5.41) is -0.293. The van der Waals surface area contributed by atoms with Crippen LogP contribution in [-0.2, 0) is 4.74 Å². The topological polar surface area (TPSA) is 59.2 Å². The summed E-state index contributed by atoms with van der Waals surface area (Å²) in [6.07, 6.45) is 0. The molecule has 6 heteroatoms. The van der Waals surface area contributed by atoms with Crippen molar-refractivity contribution in [3.05, 3.63) is 45.8 Å². The van der Waals surface area contributed by atoms with Crippen LogP contribution in [0.1, 0.15) is 10.5 Å². The van der Waals surface area contributed by atoms with Gasteiger partial charge in [0, 0.05) is 12.1 Å². The number of rotatable bonds is 1. The maximum absolute atomic E-state index is 13.3. The number of fused-ring (bicyclic) bond motifs is 1. The van der Waals surface area contributed by atoms with E-state index in [9.17, 15) is 18.4 Å². The zero-order valence-corrected chi connectivity index (χ0v) is 8.71. The molecule has 1 heterocycles. The molecule has 2 rings (SSSR count). The van der Waals surface area contributed by atoms with Crippen LogP contribution in [0, 0.1) is 11.6 Å². The second-order valence-electron chi connectivity index (χ2n) is 3.35. The van der Waals surface area contributed by atoms with Gasteiger partial charge in [-0.05, 0) is 6.07 Å². The molecule has 0 aliphatic heterocycles. The predicted octanol–water partition coefficient (Wildman–Crippen LogP) is 1.59. The molecule has 0 saturated heterocycles. The third-order valence-electron chi connectivity index (χ3n) is 2.25. The molecular weight excluding hydrogens is 232 g/mol. The minimum Gasteiger partial charge on any atom is -0.464 e. The summed E-state index contributed by atoms with van der Waals surface area (Å²) in [4.78, 5) is 25.2. The Morgan fingerprint density at radius 1 is 1.29 bits per heavy atom. The molecule has 0 bridgehead atoms. The lowest BCUT2D eigenvalue weighted by atomic mass is 10.2. The number of aromatic nitrogens is 1. The summed E-state index contributed by atoms with van der Waals surface area (Å²) < 4.78 is 30.7. The van der Waals surface area contributed by atoms with Crippen LogP contribution < -0.4 is 5.43 Å². The number of benzene rings is 1. The van der Waals surface area contributed by atoms with Crippen LogP contribution in [0.25, 0.3) is 10.9 Å². The maximum Gasteiger partial charge on any atom is 0.354 e. The van der Waals surface area contributed by atoms with Gasteiger partial charge in [-0.2, -0.15) is 0 Å². The van der Waals surface area contributed by atoms with E-state index in [1.54, 1.807) is 0 Å². The largest absolute Gasteiger partial charge is 0.464 e. The molecule has 17 heavy (non-hydrogen) atoms. The van der Waals surface area contributed by atoms with Gasteiger partial charge in [0.15, 0.2) is 5.43 Å². The van der Waals surface area contributed by atoms with Gasteiger partial charge >= 0.3 is 5.97 Å². The minimum absolute atomic E-state index is 0.0876. The van der Waals surface area contributed by atoms with Gasteiger partial charge < -0.3 is 9.72 Å². The van der Waals surface area contributed by atoms with Gasteiger partial charge in [0.05, 0.1) is 18.0 Å². The first-order chi connectivity index (χ1) is 8.02. The maximum atomic E-state index is 13.3. The van der Waals surface area contributed by atoms with Crippen molar-refractivity contribution in [2.45, 2.75) is 0 Å². The smallest absolute Gasteiger partial charge is 0.354 e. The Bertz CT molecular complexity index is 664. The average molecular weight is 239 g/mol. The summed E-state index contributed by atoms with van der Waals surface area (Å²) in [6, 6.07) is 2.46. The molecule has 0 radical (unpaired) electrons. The molecule has 88 valence electrons. The lowest BCUT2D eigenvalue weighted by Gasteiger charge is -2.03. The molecule has 0 amide bonds. The van der Waals surface area contributed by atoms with E-state index in [2.05, 4.69) is 9.72 Å². The first-order valence-corrected chi connectivity index (χ1v) is 4.63. The summed E-state index contributed by atoms with van der Waals surface area (Å²) >= 11 is 0. The molecule has 1 aromatic carbocycles. The van der Waals surface area contributed by atoms with Crippen molar-refractivity contribution >= 4 is 16.9 Å². The van der Waals surface area contributed by atoms with Gasteiger partial charge in [0.2, 0.25) is 0 Å². The van der Waals surface area contributed by atoms with Gasteiger partial charge in [-0.15, -0.1) is 0 Å². The predicted molar refractivity (Wildman–Crippen MR) is 55.8 cm³/mol. The molecule has 0 aliphatic rings. The van der Waals surface area contributed by atoms with Crippen molar-refractivity contribution in [3.63, 3.8) is 0 Å². The van der Waals surface area contributed by atoms with Crippen molar-refractivity contribution in [1.82, 2.24) is 4.98 Å². The van der Waals surface area contributed by atoms with Gasteiger partial charge in [-0.3, -0.25) is 4.79 Å². The molecule has 1 aromatic heterocycles. The van der Waals surface area contributed by atoms with E-state index < -0.39 is 23.0 Å². The summed E-state index contributed by atoms with van der Waals surface area (Å²) in [5.74, 6) is -2.60. The fraction of sp³-hybridized carbons (Fsp3) is 0.0909. The van der Waals surface area contributed by atoms with Crippen molar-refractivity contribution in [1.29, 1.82) is 0 Å². The highest BCUT2D eigenvalue weighted by Crippen LogP contribution is 2.15. The van der Waals surface area contributed by atoms with Crippen molar-refractivity contribution < 1.29 is 18.3 Å². The number of aromatic amines is 1. The Morgan fingerprint density at radius 3 is 2.65 bits per heavy atom. The molecule has 0 fully saturated rings. The summed E-state index contributed by atoms with van der Waals surface area (Å²) in [7, 11) is 1.14. The van der Waals surface area contributed by atoms with E-state index in [4.69, 9.17) is 0 Å². The summed E-state index contributed by atoms with van der Waals surface area (Å²) in [6.45, 7) is 0. The first kappa shape index (κ1) is 11.3. The molecular formula is C11H7F2NO3. The van der Waals surface area contributed by atoms with Crippen LogP contribution >= 0.6 is 0 Å². The second kappa shape index (κ2) is 3.97. The van der Waals surface area contributed by atoms with Crippen LogP contribution in [0.2, 0.25) is 0 Å². The number of nitrogens with one attached hydrogen (secondary N) is 1. The number of esters is 1. The molecule has 0 unspecified atom stereocenters. The number of hydrogen-bond donors (Lipinski definition) is 1. The molecule has 0 spiro atoms. The molecule has 0 aliphatic carbocycles. The van der Waals surface area contributed by atoms with Crippen LogP contribution in [0.5, 0.6) is 0 Å². The number of pyridine rings is 1. The number of carbonyl (C=O) groups is 1. The van der Waals surface area contributed by atoms with Crippen molar-refractivity contribution in [3.8, 4) is 0 Å². The van der Waals surface area contributed by atoms with Gasteiger partial charge in [-0.1, -0.05) is 0 Å². The highest BCUT2D eigenvalue weighted by atomic mass is 19.1. The Hall–Kier alpha value is -2.24. The molecule has 2 aromatic rings. The normalized spacial score (nSPS) is 10.5. The standard InChI is InChI=1S/C11H7F2NO3/c1-17-11(16)8-4-9(15)10-6(13)2-5(12)3-7(10)14-8/h2-4H,1H3,(H,14,15). The van der Waals surface area contributed by atoms with Crippen LogP contribution in [0.15, 0.2) is 23.0 Å². The lowest BCUT2D eigenvalue weighted by Crippen LogP contribution is -2.12. The monoisotopic (exact) mass is 239 g/mol. The Labute approximate surface area is 93.8 Å². The third kappa shape index (κ3) is 1.89. The third-order valence-corrected chi connectivity index (χ3v) is 2.25. The van der Waals surface area contributed by atoms with E-state index in [0.717, 1.165) is 19.2 Å². The number of ether oxygens (including phenoxy) is 1. The number of halogens is 2. The fourth-order valence-electron chi connectivity index (χ4n) is 1.53. The lowest BCUT2D eigenvalue weighted by molar-refractivity contribution is 0.0594. The zero-order chi connectivity index (χ0) is 12.6. The highest BCUT2D eigenvalue weighted by molar-refractivity contribution is 5.91. The van der Waals surface area contributed by atoms with E-state index in [0.29, 0.717) is 6.07 Å². The Morgan fingerprint density at radius 2 is 2.00 bits per heavy atom. The van der Waals surface area contributed by atoms with Gasteiger partial charge in [0.25, 0.3) is 0 Å². The van der Waals surface area contributed by atoms with Crippen molar-refractivity contribution in [2.24, 2.45) is 0 Å². The second-order valence-corrected chi connectivity index (χ2v) is 3.35. The van der Waals surface area contributed by atoms with E-state index in [1.807, 2.05) is 0 Å².